The second-order valence-electron chi connectivity index (χ2n) is 7.65. The zero-order chi connectivity index (χ0) is 20.1. The van der Waals surface area contributed by atoms with Crippen molar-refractivity contribution in [3.8, 4) is 0 Å². The standard InChI is InChI=1S/C21H31N3O3S/c1-4-5-6-9-12-27-18(25)14-24-17(13-23-10-7-8-11-23)22-20-19(21(24)26)15(2)16(3)28-20/h4-14H2,1-3H3. The van der Waals surface area contributed by atoms with Gasteiger partial charge in [0.1, 0.15) is 17.2 Å². The third-order valence-corrected chi connectivity index (χ3v) is 6.58. The van der Waals surface area contributed by atoms with Gasteiger partial charge < -0.3 is 4.74 Å². The van der Waals surface area contributed by atoms with E-state index >= 15 is 0 Å². The molecule has 3 rings (SSSR count). The number of rotatable bonds is 9. The normalized spacial score (nSPS) is 14.8. The molecule has 0 N–H and O–H groups in total. The maximum absolute atomic E-state index is 13.2. The molecule has 0 unspecified atom stereocenters. The van der Waals surface area contributed by atoms with Crippen molar-refractivity contribution in [1.82, 2.24) is 14.5 Å². The monoisotopic (exact) mass is 405 g/mol. The van der Waals surface area contributed by atoms with E-state index in [2.05, 4.69) is 11.8 Å². The van der Waals surface area contributed by atoms with Crippen LogP contribution in [0.4, 0.5) is 0 Å². The molecule has 1 saturated heterocycles. The number of nitrogens with zero attached hydrogens (tertiary/aromatic N) is 3. The Kier molecular flexibility index (Phi) is 7.24. The van der Waals surface area contributed by atoms with E-state index in [1.165, 1.54) is 17.4 Å². The van der Waals surface area contributed by atoms with Gasteiger partial charge in [0.2, 0.25) is 0 Å². The molecule has 0 aliphatic carbocycles. The Morgan fingerprint density at radius 3 is 2.64 bits per heavy atom. The van der Waals surface area contributed by atoms with Crippen LogP contribution in [0.5, 0.6) is 0 Å². The van der Waals surface area contributed by atoms with Gasteiger partial charge in [-0.1, -0.05) is 26.2 Å². The molecule has 2 aromatic heterocycles. The molecule has 0 atom stereocenters. The van der Waals surface area contributed by atoms with Crippen LogP contribution in [0.2, 0.25) is 0 Å². The fourth-order valence-electron chi connectivity index (χ4n) is 3.68. The molecule has 0 spiro atoms. The largest absolute Gasteiger partial charge is 0.464 e. The average Bonchev–Trinajstić information content (AvgIpc) is 3.26. The number of aryl methyl sites for hydroxylation is 2. The highest BCUT2D eigenvalue weighted by atomic mass is 32.1. The first-order chi connectivity index (χ1) is 13.5. The lowest BCUT2D eigenvalue weighted by atomic mass is 10.2. The van der Waals surface area contributed by atoms with Crippen molar-refractivity contribution in [2.75, 3.05) is 19.7 Å². The predicted molar refractivity (Wildman–Crippen MR) is 113 cm³/mol. The topological polar surface area (TPSA) is 64.4 Å². The highest BCUT2D eigenvalue weighted by molar-refractivity contribution is 7.18. The number of likely N-dealkylation sites (tertiary alicyclic amines) is 1. The number of fused-ring (bicyclic) bond motifs is 1. The fourth-order valence-corrected chi connectivity index (χ4v) is 4.72. The van der Waals surface area contributed by atoms with E-state index in [0.29, 0.717) is 24.4 Å². The Balaban J connectivity index is 1.83. The first-order valence-corrected chi connectivity index (χ1v) is 11.2. The zero-order valence-electron chi connectivity index (χ0n) is 17.3. The van der Waals surface area contributed by atoms with Crippen LogP contribution in [0.25, 0.3) is 10.2 Å². The SMILES string of the molecule is CCCCCCOC(=O)Cn1c(CN2CCCC2)nc2sc(C)c(C)c2c1=O. The first kappa shape index (κ1) is 21.0. The summed E-state index contributed by atoms with van der Waals surface area (Å²) in [6.07, 6.45) is 6.57. The number of thiophene rings is 1. The van der Waals surface area contributed by atoms with Crippen molar-refractivity contribution in [1.29, 1.82) is 0 Å². The number of carbonyl (C=O) groups excluding carboxylic acids is 1. The van der Waals surface area contributed by atoms with Crippen LogP contribution in [-0.4, -0.2) is 40.1 Å². The van der Waals surface area contributed by atoms with Gasteiger partial charge in [-0.2, -0.15) is 0 Å². The van der Waals surface area contributed by atoms with E-state index in [-0.39, 0.29) is 18.1 Å². The van der Waals surface area contributed by atoms with Gasteiger partial charge in [0, 0.05) is 4.88 Å². The second kappa shape index (κ2) is 9.65. The number of carbonyl (C=O) groups is 1. The van der Waals surface area contributed by atoms with Gasteiger partial charge in [-0.15, -0.1) is 11.3 Å². The molecule has 2 aromatic rings. The Hall–Kier alpha value is -1.73. The lowest BCUT2D eigenvalue weighted by molar-refractivity contribution is -0.144. The average molecular weight is 406 g/mol. The van der Waals surface area contributed by atoms with Gasteiger partial charge in [0.15, 0.2) is 0 Å². The van der Waals surface area contributed by atoms with Crippen LogP contribution in [-0.2, 0) is 22.6 Å². The highest BCUT2D eigenvalue weighted by Crippen LogP contribution is 2.26. The molecule has 1 aliphatic rings. The minimum Gasteiger partial charge on any atom is -0.464 e. The van der Waals surface area contributed by atoms with E-state index in [1.807, 2.05) is 13.8 Å². The number of hydrogen-bond acceptors (Lipinski definition) is 6. The first-order valence-electron chi connectivity index (χ1n) is 10.4. The minimum absolute atomic E-state index is 0.0624. The number of hydrogen-bond donors (Lipinski definition) is 0. The van der Waals surface area contributed by atoms with Crippen molar-refractivity contribution in [2.24, 2.45) is 0 Å². The summed E-state index contributed by atoms with van der Waals surface area (Å²) in [7, 11) is 0. The summed E-state index contributed by atoms with van der Waals surface area (Å²) < 4.78 is 6.92. The van der Waals surface area contributed by atoms with Crippen molar-refractivity contribution < 1.29 is 9.53 Å². The molecule has 28 heavy (non-hydrogen) atoms. The molecule has 0 aromatic carbocycles. The molecule has 0 radical (unpaired) electrons. The van der Waals surface area contributed by atoms with Gasteiger partial charge >= 0.3 is 5.97 Å². The lowest BCUT2D eigenvalue weighted by Gasteiger charge is -2.18. The van der Waals surface area contributed by atoms with E-state index in [1.54, 1.807) is 11.3 Å². The fraction of sp³-hybridized carbons (Fsp3) is 0.667. The Morgan fingerprint density at radius 2 is 1.93 bits per heavy atom. The highest BCUT2D eigenvalue weighted by Gasteiger charge is 2.21. The molecule has 3 heterocycles. The summed E-state index contributed by atoms with van der Waals surface area (Å²) in [5.41, 5.74) is 0.843. The summed E-state index contributed by atoms with van der Waals surface area (Å²) in [5.74, 6) is 0.315. The van der Waals surface area contributed by atoms with Crippen molar-refractivity contribution in [3.63, 3.8) is 0 Å². The molecular formula is C21H31N3O3S. The summed E-state index contributed by atoms with van der Waals surface area (Å²) >= 11 is 1.55. The minimum atomic E-state index is -0.355. The van der Waals surface area contributed by atoms with Gasteiger partial charge in [-0.3, -0.25) is 19.1 Å². The van der Waals surface area contributed by atoms with Crippen LogP contribution < -0.4 is 5.56 Å². The lowest BCUT2D eigenvalue weighted by Crippen LogP contribution is -2.32. The molecule has 6 nitrogen and oxygen atoms in total. The molecular weight excluding hydrogens is 374 g/mol. The summed E-state index contributed by atoms with van der Waals surface area (Å²) in [6.45, 7) is 9.09. The Morgan fingerprint density at radius 1 is 1.18 bits per heavy atom. The molecule has 0 bridgehead atoms. The van der Waals surface area contributed by atoms with Gasteiger partial charge in [0.05, 0.1) is 18.5 Å². The van der Waals surface area contributed by atoms with Crippen molar-refractivity contribution in [3.05, 3.63) is 26.6 Å². The molecule has 0 saturated carbocycles. The number of ether oxygens (including phenoxy) is 1. The summed E-state index contributed by atoms with van der Waals surface area (Å²) in [6, 6.07) is 0. The molecule has 1 aliphatic heterocycles. The molecule has 0 amide bonds. The number of esters is 1. The van der Waals surface area contributed by atoms with Crippen LogP contribution in [0.15, 0.2) is 4.79 Å². The zero-order valence-corrected chi connectivity index (χ0v) is 18.1. The van der Waals surface area contributed by atoms with Crippen molar-refractivity contribution >= 4 is 27.5 Å². The van der Waals surface area contributed by atoms with Crippen LogP contribution in [0, 0.1) is 13.8 Å². The van der Waals surface area contributed by atoms with Crippen LogP contribution in [0.3, 0.4) is 0 Å². The predicted octanol–water partition coefficient (Wildman–Crippen LogP) is 3.79. The number of unbranched alkanes of at least 4 members (excludes halogenated alkanes) is 3. The van der Waals surface area contributed by atoms with Gasteiger partial charge in [0.25, 0.3) is 5.56 Å². The summed E-state index contributed by atoms with van der Waals surface area (Å²) in [4.78, 5) is 34.6. The smallest absolute Gasteiger partial charge is 0.326 e. The van der Waals surface area contributed by atoms with Gasteiger partial charge in [-0.25, -0.2) is 4.98 Å². The van der Waals surface area contributed by atoms with E-state index < -0.39 is 0 Å². The van der Waals surface area contributed by atoms with Crippen LogP contribution >= 0.6 is 11.3 Å². The Labute approximate surface area is 170 Å². The molecule has 7 heteroatoms. The van der Waals surface area contributed by atoms with Crippen molar-refractivity contribution in [2.45, 2.75) is 72.4 Å². The maximum Gasteiger partial charge on any atom is 0.326 e. The van der Waals surface area contributed by atoms with E-state index in [4.69, 9.17) is 9.72 Å². The van der Waals surface area contributed by atoms with E-state index in [0.717, 1.165) is 54.0 Å². The summed E-state index contributed by atoms with van der Waals surface area (Å²) in [5, 5.41) is 0.642. The third kappa shape index (κ3) is 4.81. The quantitative estimate of drug-likeness (QED) is 0.469. The molecule has 1 fully saturated rings. The maximum atomic E-state index is 13.2. The number of aromatic nitrogens is 2. The third-order valence-electron chi connectivity index (χ3n) is 5.48. The molecule has 154 valence electrons. The Bertz CT molecular complexity index is 881. The van der Waals surface area contributed by atoms with Crippen LogP contribution in [0.1, 0.15) is 61.7 Å². The van der Waals surface area contributed by atoms with Gasteiger partial charge in [-0.05, 0) is 51.8 Å². The van der Waals surface area contributed by atoms with E-state index in [9.17, 15) is 9.59 Å². The second-order valence-corrected chi connectivity index (χ2v) is 8.85.